The molecule has 4 heteroatoms. The molecule has 0 saturated heterocycles. The van der Waals surface area contributed by atoms with E-state index < -0.39 is 0 Å². The van der Waals surface area contributed by atoms with Crippen LogP contribution in [0.25, 0.3) is 32.9 Å². The molecule has 4 rings (SSSR count). The molecular formula is C18H12N2O2. The van der Waals surface area contributed by atoms with Crippen LogP contribution in [0.1, 0.15) is 0 Å². The fraction of sp³-hybridized carbons (Fsp3) is 0. The van der Waals surface area contributed by atoms with Crippen LogP contribution in [-0.2, 0) is 0 Å². The first-order chi connectivity index (χ1) is 10.7. The SMILES string of the molecule is Nc1ccc2cc3cc(-c4ccncc4)c(=O)oc3cc2c1. The Labute approximate surface area is 125 Å². The minimum Gasteiger partial charge on any atom is -0.422 e. The molecule has 0 aliphatic rings. The van der Waals surface area contributed by atoms with Crippen LogP contribution < -0.4 is 11.4 Å². The van der Waals surface area contributed by atoms with Crippen molar-refractivity contribution in [1.29, 1.82) is 0 Å². The molecule has 0 radical (unpaired) electrons. The standard InChI is InChI=1S/C18H12N2O2/c19-15-2-1-12-7-14-9-16(11-3-5-20-6-4-11)18(21)22-17(14)10-13(12)8-15/h1-10H,19H2. The zero-order chi connectivity index (χ0) is 15.1. The van der Waals surface area contributed by atoms with Crippen molar-refractivity contribution in [3.63, 3.8) is 0 Å². The topological polar surface area (TPSA) is 69.1 Å². The van der Waals surface area contributed by atoms with Crippen molar-refractivity contribution in [2.45, 2.75) is 0 Å². The van der Waals surface area contributed by atoms with E-state index >= 15 is 0 Å². The lowest BCUT2D eigenvalue weighted by atomic mass is 10.0. The van der Waals surface area contributed by atoms with E-state index in [1.165, 1.54) is 0 Å². The second kappa shape index (κ2) is 4.70. The molecule has 0 aliphatic heterocycles. The van der Waals surface area contributed by atoms with Crippen molar-refractivity contribution in [2.24, 2.45) is 0 Å². The van der Waals surface area contributed by atoms with Gasteiger partial charge in [0.2, 0.25) is 0 Å². The Morgan fingerprint density at radius 1 is 0.864 bits per heavy atom. The van der Waals surface area contributed by atoms with Crippen LogP contribution in [-0.4, -0.2) is 4.98 Å². The second-order valence-electron chi connectivity index (χ2n) is 5.18. The molecule has 2 aromatic carbocycles. The van der Waals surface area contributed by atoms with Gasteiger partial charge >= 0.3 is 5.63 Å². The van der Waals surface area contributed by atoms with Crippen LogP contribution in [0.2, 0.25) is 0 Å². The number of nitrogen functional groups attached to an aromatic ring is 1. The largest absolute Gasteiger partial charge is 0.422 e. The lowest BCUT2D eigenvalue weighted by molar-refractivity contribution is 0.564. The van der Waals surface area contributed by atoms with E-state index in [-0.39, 0.29) is 5.63 Å². The summed E-state index contributed by atoms with van der Waals surface area (Å²) in [5, 5.41) is 2.88. The molecule has 0 fully saturated rings. The highest BCUT2D eigenvalue weighted by Crippen LogP contribution is 2.26. The van der Waals surface area contributed by atoms with Gasteiger partial charge in [-0.25, -0.2) is 4.79 Å². The predicted octanol–water partition coefficient (Wildman–Crippen LogP) is 3.59. The summed E-state index contributed by atoms with van der Waals surface area (Å²) < 4.78 is 5.48. The van der Waals surface area contributed by atoms with Gasteiger partial charge in [0.25, 0.3) is 0 Å². The number of anilines is 1. The molecule has 0 bridgehead atoms. The lowest BCUT2D eigenvalue weighted by Crippen LogP contribution is -2.02. The number of aromatic nitrogens is 1. The smallest absolute Gasteiger partial charge is 0.344 e. The number of nitrogens with two attached hydrogens (primary N) is 1. The van der Waals surface area contributed by atoms with Gasteiger partial charge in [-0.15, -0.1) is 0 Å². The van der Waals surface area contributed by atoms with Gasteiger partial charge in [0, 0.05) is 23.5 Å². The van der Waals surface area contributed by atoms with Crippen LogP contribution in [0.4, 0.5) is 5.69 Å². The third-order valence-electron chi connectivity index (χ3n) is 3.71. The Morgan fingerprint density at radius 2 is 1.68 bits per heavy atom. The normalized spacial score (nSPS) is 11.1. The second-order valence-corrected chi connectivity index (χ2v) is 5.18. The number of rotatable bonds is 1. The summed E-state index contributed by atoms with van der Waals surface area (Å²) in [6.45, 7) is 0. The Morgan fingerprint density at radius 3 is 2.50 bits per heavy atom. The van der Waals surface area contributed by atoms with Gasteiger partial charge in [0.15, 0.2) is 0 Å². The summed E-state index contributed by atoms with van der Waals surface area (Å²) in [7, 11) is 0. The van der Waals surface area contributed by atoms with Crippen LogP contribution in [0, 0.1) is 0 Å². The molecule has 2 heterocycles. The van der Waals surface area contributed by atoms with Crippen molar-refractivity contribution in [2.75, 3.05) is 5.73 Å². The minimum absolute atomic E-state index is 0.359. The first-order valence-electron chi connectivity index (χ1n) is 6.88. The number of pyridine rings is 1. The fourth-order valence-corrected chi connectivity index (χ4v) is 2.62. The van der Waals surface area contributed by atoms with Crippen LogP contribution in [0.15, 0.2) is 70.1 Å². The molecular weight excluding hydrogens is 276 g/mol. The molecule has 0 spiro atoms. The highest BCUT2D eigenvalue weighted by atomic mass is 16.4. The predicted molar refractivity (Wildman–Crippen MR) is 87.6 cm³/mol. The molecule has 106 valence electrons. The molecule has 0 aliphatic carbocycles. The van der Waals surface area contributed by atoms with E-state index in [1.54, 1.807) is 24.5 Å². The number of fused-ring (bicyclic) bond motifs is 2. The summed E-state index contributed by atoms with van der Waals surface area (Å²) in [6.07, 6.45) is 3.31. The average Bonchev–Trinajstić information content (AvgIpc) is 2.53. The summed E-state index contributed by atoms with van der Waals surface area (Å²) in [5.41, 5.74) is 8.01. The number of nitrogens with zero attached hydrogens (tertiary/aromatic N) is 1. The Balaban J connectivity index is 2.03. The van der Waals surface area contributed by atoms with Crippen molar-refractivity contribution in [1.82, 2.24) is 4.98 Å². The number of hydrogen-bond acceptors (Lipinski definition) is 4. The number of hydrogen-bond donors (Lipinski definition) is 1. The minimum atomic E-state index is -0.359. The van der Waals surface area contributed by atoms with Gasteiger partial charge in [0.05, 0.1) is 5.56 Å². The van der Waals surface area contributed by atoms with Crippen LogP contribution in [0.5, 0.6) is 0 Å². The van der Waals surface area contributed by atoms with Gasteiger partial charge in [-0.1, -0.05) is 6.07 Å². The summed E-state index contributed by atoms with van der Waals surface area (Å²) in [6, 6.07) is 15.0. The molecule has 0 atom stereocenters. The quantitative estimate of drug-likeness (QED) is 0.330. The van der Waals surface area contributed by atoms with Gasteiger partial charge in [-0.3, -0.25) is 4.98 Å². The van der Waals surface area contributed by atoms with E-state index in [1.807, 2.05) is 36.4 Å². The average molecular weight is 288 g/mol. The zero-order valence-electron chi connectivity index (χ0n) is 11.6. The third-order valence-corrected chi connectivity index (χ3v) is 3.71. The van der Waals surface area contributed by atoms with Gasteiger partial charge < -0.3 is 10.2 Å². The molecule has 4 aromatic rings. The molecule has 0 saturated carbocycles. The van der Waals surface area contributed by atoms with Crippen molar-refractivity contribution >= 4 is 27.4 Å². The van der Waals surface area contributed by atoms with Crippen LogP contribution in [0.3, 0.4) is 0 Å². The number of benzene rings is 2. The third kappa shape index (κ3) is 2.02. The zero-order valence-corrected chi connectivity index (χ0v) is 11.6. The highest BCUT2D eigenvalue weighted by Gasteiger charge is 2.08. The van der Waals surface area contributed by atoms with E-state index in [0.717, 1.165) is 21.7 Å². The van der Waals surface area contributed by atoms with Crippen molar-refractivity contribution < 1.29 is 4.42 Å². The van der Waals surface area contributed by atoms with Crippen LogP contribution >= 0.6 is 0 Å². The molecule has 4 nitrogen and oxygen atoms in total. The first kappa shape index (κ1) is 12.6. The van der Waals surface area contributed by atoms with Gasteiger partial charge in [-0.2, -0.15) is 0 Å². The maximum atomic E-state index is 12.2. The summed E-state index contributed by atoms with van der Waals surface area (Å²) in [5.74, 6) is 0. The fourth-order valence-electron chi connectivity index (χ4n) is 2.62. The van der Waals surface area contributed by atoms with E-state index in [2.05, 4.69) is 4.98 Å². The van der Waals surface area contributed by atoms with Crippen molar-refractivity contribution in [3.05, 3.63) is 71.3 Å². The molecule has 2 aromatic heterocycles. The van der Waals surface area contributed by atoms with Gasteiger partial charge in [0.1, 0.15) is 5.58 Å². The van der Waals surface area contributed by atoms with Crippen molar-refractivity contribution in [3.8, 4) is 11.1 Å². The van der Waals surface area contributed by atoms with E-state index in [0.29, 0.717) is 16.8 Å². The first-order valence-corrected chi connectivity index (χ1v) is 6.88. The molecule has 22 heavy (non-hydrogen) atoms. The maximum absolute atomic E-state index is 12.2. The Kier molecular flexibility index (Phi) is 2.69. The molecule has 0 unspecified atom stereocenters. The lowest BCUT2D eigenvalue weighted by Gasteiger charge is -2.05. The van der Waals surface area contributed by atoms with E-state index in [9.17, 15) is 4.79 Å². The Bertz CT molecular complexity index is 1050. The van der Waals surface area contributed by atoms with E-state index in [4.69, 9.17) is 10.2 Å². The molecule has 0 amide bonds. The maximum Gasteiger partial charge on any atom is 0.344 e. The Hall–Kier alpha value is -3.14. The van der Waals surface area contributed by atoms with Gasteiger partial charge in [-0.05, 0) is 58.8 Å². The molecule has 2 N–H and O–H groups in total. The monoisotopic (exact) mass is 288 g/mol. The highest BCUT2D eigenvalue weighted by molar-refractivity contribution is 5.97. The summed E-state index contributed by atoms with van der Waals surface area (Å²) in [4.78, 5) is 16.2. The summed E-state index contributed by atoms with van der Waals surface area (Å²) >= 11 is 0.